The molecule has 7 heteroatoms. The Kier molecular flexibility index (Phi) is 3.86. The van der Waals surface area contributed by atoms with Crippen LogP contribution in [0.5, 0.6) is 0 Å². The first kappa shape index (κ1) is 14.7. The van der Waals surface area contributed by atoms with Crippen LogP contribution in [-0.4, -0.2) is 39.6 Å². The number of carboxylic acids is 1. The summed E-state index contributed by atoms with van der Waals surface area (Å²) >= 11 is 7.56. The molecule has 1 aromatic carbocycles. The van der Waals surface area contributed by atoms with E-state index in [0.717, 1.165) is 17.5 Å². The summed E-state index contributed by atoms with van der Waals surface area (Å²) in [5.74, 6) is -0.893. The van der Waals surface area contributed by atoms with Crippen molar-refractivity contribution in [3.05, 3.63) is 23.2 Å². The second kappa shape index (κ2) is 5.51. The average Bonchev–Trinajstić information content (AvgIpc) is 3.01. The van der Waals surface area contributed by atoms with Gasteiger partial charge in [-0.15, -0.1) is 0 Å². The number of imidazole rings is 1. The number of hydrogen-bond acceptors (Lipinski definition) is 4. The molecule has 1 N–H and O–H groups in total. The number of halogens is 1. The Morgan fingerprint density at radius 1 is 1.62 bits per heavy atom. The number of benzene rings is 1. The van der Waals surface area contributed by atoms with Crippen molar-refractivity contribution >= 4 is 40.4 Å². The van der Waals surface area contributed by atoms with Gasteiger partial charge in [0.1, 0.15) is 0 Å². The third-order valence-corrected chi connectivity index (χ3v) is 4.89. The number of para-hydroxylation sites is 1. The molecule has 3 rings (SSSR count). The molecule has 2 heterocycles. The van der Waals surface area contributed by atoms with Gasteiger partial charge in [-0.2, -0.15) is 0 Å². The molecule has 1 unspecified atom stereocenters. The Morgan fingerprint density at radius 3 is 3.10 bits per heavy atom. The van der Waals surface area contributed by atoms with Crippen LogP contribution in [0.1, 0.15) is 13.3 Å². The van der Waals surface area contributed by atoms with Gasteiger partial charge in [-0.1, -0.05) is 29.4 Å². The van der Waals surface area contributed by atoms with Gasteiger partial charge >= 0.3 is 5.97 Å². The number of aliphatic carboxylic acids is 1. The van der Waals surface area contributed by atoms with Gasteiger partial charge in [0.05, 0.1) is 34.0 Å². The van der Waals surface area contributed by atoms with Crippen LogP contribution in [0.3, 0.4) is 0 Å². The largest absolute Gasteiger partial charge is 0.481 e. The van der Waals surface area contributed by atoms with Crippen molar-refractivity contribution in [2.45, 2.75) is 24.0 Å². The molecule has 0 saturated carbocycles. The molecule has 1 aliphatic rings. The molecule has 0 amide bonds. The first-order valence-electron chi connectivity index (χ1n) is 6.61. The van der Waals surface area contributed by atoms with Crippen LogP contribution in [0, 0.1) is 0 Å². The standard InChI is InChI=1S/C14H15ClN2O3S/c1-14(5-6-20-8-14)17-12-9(15)3-2-4-10(12)16-13(17)21-7-11(18)19/h2-4H,5-8H2,1H3,(H,18,19). The maximum absolute atomic E-state index is 10.9. The lowest BCUT2D eigenvalue weighted by Crippen LogP contribution is -2.31. The fourth-order valence-corrected chi connectivity index (χ4v) is 3.73. The molecule has 2 aromatic rings. The molecule has 0 spiro atoms. The Balaban J connectivity index is 2.17. The van der Waals surface area contributed by atoms with E-state index in [1.807, 2.05) is 22.8 Å². The lowest BCUT2D eigenvalue weighted by molar-refractivity contribution is -0.133. The minimum absolute atomic E-state index is 0.0299. The lowest BCUT2D eigenvalue weighted by atomic mass is 10.0. The zero-order valence-corrected chi connectivity index (χ0v) is 13.1. The van der Waals surface area contributed by atoms with Gasteiger partial charge in [0.2, 0.25) is 0 Å². The number of carbonyl (C=O) groups is 1. The van der Waals surface area contributed by atoms with E-state index in [2.05, 4.69) is 11.9 Å². The minimum atomic E-state index is -0.863. The zero-order chi connectivity index (χ0) is 15.0. The van der Waals surface area contributed by atoms with Crippen LogP contribution < -0.4 is 0 Å². The molecule has 1 atom stereocenters. The van der Waals surface area contributed by atoms with E-state index in [1.165, 1.54) is 11.8 Å². The zero-order valence-electron chi connectivity index (χ0n) is 11.5. The predicted octanol–water partition coefficient (Wildman–Crippen LogP) is 3.00. The van der Waals surface area contributed by atoms with Crippen LogP contribution in [0.25, 0.3) is 11.0 Å². The van der Waals surface area contributed by atoms with Crippen molar-refractivity contribution in [3.63, 3.8) is 0 Å². The molecule has 1 aliphatic heterocycles. The second-order valence-corrected chi connectivity index (χ2v) is 6.67. The molecular weight excluding hydrogens is 312 g/mol. The molecular formula is C14H15ClN2O3S. The van der Waals surface area contributed by atoms with E-state index in [0.29, 0.717) is 23.4 Å². The van der Waals surface area contributed by atoms with Crippen molar-refractivity contribution in [1.29, 1.82) is 0 Å². The molecule has 1 aromatic heterocycles. The fourth-order valence-electron chi connectivity index (χ4n) is 2.62. The molecule has 0 bridgehead atoms. The van der Waals surface area contributed by atoms with Crippen LogP contribution in [0.4, 0.5) is 0 Å². The molecule has 112 valence electrons. The van der Waals surface area contributed by atoms with Crippen LogP contribution in [0.2, 0.25) is 5.02 Å². The number of nitrogens with zero attached hydrogens (tertiary/aromatic N) is 2. The number of carboxylic acid groups (broad SMARTS) is 1. The summed E-state index contributed by atoms with van der Waals surface area (Å²) < 4.78 is 7.58. The van der Waals surface area contributed by atoms with Crippen molar-refractivity contribution in [1.82, 2.24) is 9.55 Å². The number of rotatable bonds is 4. The summed E-state index contributed by atoms with van der Waals surface area (Å²) in [6.45, 7) is 3.35. The van der Waals surface area contributed by atoms with E-state index in [1.54, 1.807) is 0 Å². The Hall–Kier alpha value is -1.24. The van der Waals surface area contributed by atoms with Gasteiger partial charge in [-0.05, 0) is 25.5 Å². The smallest absolute Gasteiger partial charge is 0.313 e. The number of thioether (sulfide) groups is 1. The summed E-state index contributed by atoms with van der Waals surface area (Å²) in [5, 5.41) is 10.2. The quantitative estimate of drug-likeness (QED) is 0.875. The number of fused-ring (bicyclic) bond motifs is 1. The highest BCUT2D eigenvalue weighted by atomic mass is 35.5. The fraction of sp³-hybridized carbons (Fsp3) is 0.429. The normalized spacial score (nSPS) is 22.0. The molecule has 0 radical (unpaired) electrons. The summed E-state index contributed by atoms with van der Waals surface area (Å²) in [5.41, 5.74) is 1.38. The Labute approximate surface area is 131 Å². The van der Waals surface area contributed by atoms with Crippen LogP contribution in [-0.2, 0) is 15.1 Å². The Morgan fingerprint density at radius 2 is 2.43 bits per heavy atom. The molecule has 21 heavy (non-hydrogen) atoms. The van der Waals surface area contributed by atoms with Gasteiger partial charge in [0.15, 0.2) is 5.16 Å². The summed E-state index contributed by atoms with van der Waals surface area (Å²) in [6.07, 6.45) is 0.852. The van der Waals surface area contributed by atoms with E-state index in [4.69, 9.17) is 21.4 Å². The van der Waals surface area contributed by atoms with Crippen LogP contribution in [0.15, 0.2) is 23.4 Å². The maximum Gasteiger partial charge on any atom is 0.313 e. The van der Waals surface area contributed by atoms with Gasteiger partial charge in [-0.3, -0.25) is 4.79 Å². The maximum atomic E-state index is 10.9. The molecule has 0 aliphatic carbocycles. The second-order valence-electron chi connectivity index (χ2n) is 5.32. The number of ether oxygens (including phenoxy) is 1. The summed E-state index contributed by atoms with van der Waals surface area (Å²) in [6, 6.07) is 5.57. The molecule has 1 fully saturated rings. The highest BCUT2D eigenvalue weighted by Gasteiger charge is 2.35. The number of aromatic nitrogens is 2. The third kappa shape index (κ3) is 2.63. The van der Waals surface area contributed by atoms with Crippen molar-refractivity contribution in [2.75, 3.05) is 19.0 Å². The van der Waals surface area contributed by atoms with Gasteiger partial charge < -0.3 is 14.4 Å². The first-order valence-corrected chi connectivity index (χ1v) is 7.97. The summed E-state index contributed by atoms with van der Waals surface area (Å²) in [7, 11) is 0. The van der Waals surface area contributed by atoms with E-state index >= 15 is 0 Å². The van der Waals surface area contributed by atoms with E-state index < -0.39 is 5.97 Å². The third-order valence-electron chi connectivity index (χ3n) is 3.66. The predicted molar refractivity (Wildman–Crippen MR) is 82.2 cm³/mol. The SMILES string of the molecule is CC1(n2c(SCC(=O)O)nc3cccc(Cl)c32)CCOC1. The summed E-state index contributed by atoms with van der Waals surface area (Å²) in [4.78, 5) is 15.4. The minimum Gasteiger partial charge on any atom is -0.481 e. The van der Waals surface area contributed by atoms with Crippen molar-refractivity contribution in [2.24, 2.45) is 0 Å². The Bertz CT molecular complexity index is 695. The van der Waals surface area contributed by atoms with Crippen molar-refractivity contribution in [3.8, 4) is 0 Å². The number of hydrogen-bond donors (Lipinski definition) is 1. The molecule has 1 saturated heterocycles. The first-order chi connectivity index (χ1) is 10.0. The molecule has 5 nitrogen and oxygen atoms in total. The highest BCUT2D eigenvalue weighted by molar-refractivity contribution is 7.99. The highest BCUT2D eigenvalue weighted by Crippen LogP contribution is 2.38. The van der Waals surface area contributed by atoms with Gasteiger partial charge in [0.25, 0.3) is 0 Å². The van der Waals surface area contributed by atoms with Gasteiger partial charge in [-0.25, -0.2) is 4.98 Å². The monoisotopic (exact) mass is 326 g/mol. The van der Waals surface area contributed by atoms with Crippen LogP contribution >= 0.6 is 23.4 Å². The average molecular weight is 327 g/mol. The topological polar surface area (TPSA) is 64.4 Å². The lowest BCUT2D eigenvalue weighted by Gasteiger charge is -2.27. The van der Waals surface area contributed by atoms with Crippen molar-refractivity contribution < 1.29 is 14.6 Å². The van der Waals surface area contributed by atoms with E-state index in [9.17, 15) is 4.79 Å². The van der Waals surface area contributed by atoms with E-state index in [-0.39, 0.29) is 11.3 Å². The van der Waals surface area contributed by atoms with Gasteiger partial charge in [0, 0.05) is 6.61 Å².